The number of anilines is 1. The maximum atomic E-state index is 5.78. The second-order valence-corrected chi connectivity index (χ2v) is 4.46. The largest absolute Gasteiger partial charge is 0.467 e. The summed E-state index contributed by atoms with van der Waals surface area (Å²) in [5, 5.41) is 0.537. The third-order valence-corrected chi connectivity index (χ3v) is 3.01. The number of hydrogen-bond donors (Lipinski definition) is 0. The molecule has 0 N–H and O–H groups in total. The number of rotatable bonds is 2. The van der Waals surface area contributed by atoms with Crippen molar-refractivity contribution in [3.8, 4) is 0 Å². The normalized spacial score (nSPS) is 20.1. The summed E-state index contributed by atoms with van der Waals surface area (Å²) in [6.45, 7) is 2.06. The molecule has 2 aromatic heterocycles. The van der Waals surface area contributed by atoms with Crippen molar-refractivity contribution in [3.05, 3.63) is 41.6 Å². The van der Waals surface area contributed by atoms with Gasteiger partial charge in [0, 0.05) is 6.54 Å². The quantitative estimate of drug-likeness (QED) is 0.834. The maximum absolute atomic E-state index is 5.78. The van der Waals surface area contributed by atoms with E-state index in [9.17, 15) is 0 Å². The van der Waals surface area contributed by atoms with Crippen molar-refractivity contribution in [1.29, 1.82) is 0 Å². The summed E-state index contributed by atoms with van der Waals surface area (Å²) < 4.78 is 11.0. The van der Waals surface area contributed by atoms with E-state index < -0.39 is 0 Å². The summed E-state index contributed by atoms with van der Waals surface area (Å²) in [6.07, 6.45) is 4.77. The van der Waals surface area contributed by atoms with Gasteiger partial charge in [0.05, 0.1) is 36.8 Å². The molecule has 1 aliphatic heterocycles. The van der Waals surface area contributed by atoms with Crippen LogP contribution in [0.3, 0.4) is 0 Å². The van der Waals surface area contributed by atoms with Crippen LogP contribution in [0, 0.1) is 0 Å². The lowest BCUT2D eigenvalue weighted by atomic mass is 10.2. The lowest BCUT2D eigenvalue weighted by Crippen LogP contribution is -2.39. The van der Waals surface area contributed by atoms with Crippen LogP contribution in [0.1, 0.15) is 11.9 Å². The van der Waals surface area contributed by atoms with Crippen molar-refractivity contribution in [2.45, 2.75) is 6.10 Å². The van der Waals surface area contributed by atoms with Crippen LogP contribution < -0.4 is 4.90 Å². The SMILES string of the molecule is Clc1cnc(N2CCOC(c3ccco3)C2)nc1. The van der Waals surface area contributed by atoms with Gasteiger partial charge < -0.3 is 14.1 Å². The van der Waals surface area contributed by atoms with Gasteiger partial charge in [-0.05, 0) is 12.1 Å². The summed E-state index contributed by atoms with van der Waals surface area (Å²) in [6, 6.07) is 3.77. The molecule has 1 unspecified atom stereocenters. The number of halogens is 1. The van der Waals surface area contributed by atoms with Crippen molar-refractivity contribution in [3.63, 3.8) is 0 Å². The molecule has 0 aliphatic carbocycles. The predicted molar refractivity (Wildman–Crippen MR) is 66.7 cm³/mol. The molecular weight excluding hydrogens is 254 g/mol. The molecule has 0 radical (unpaired) electrons. The molecule has 1 aliphatic rings. The van der Waals surface area contributed by atoms with Crippen LogP contribution in [0.25, 0.3) is 0 Å². The summed E-state index contributed by atoms with van der Waals surface area (Å²) >= 11 is 5.78. The molecule has 94 valence electrons. The van der Waals surface area contributed by atoms with E-state index in [1.165, 1.54) is 0 Å². The van der Waals surface area contributed by atoms with Crippen LogP contribution in [-0.2, 0) is 4.74 Å². The molecular formula is C12H12ClN3O2. The third-order valence-electron chi connectivity index (χ3n) is 2.82. The molecule has 1 atom stereocenters. The molecule has 2 aromatic rings. The van der Waals surface area contributed by atoms with E-state index in [1.807, 2.05) is 12.1 Å². The fourth-order valence-corrected chi connectivity index (χ4v) is 2.04. The van der Waals surface area contributed by atoms with E-state index in [0.29, 0.717) is 24.1 Å². The molecule has 1 fully saturated rings. The van der Waals surface area contributed by atoms with Crippen LogP contribution in [0.5, 0.6) is 0 Å². The lowest BCUT2D eigenvalue weighted by Gasteiger charge is -2.31. The van der Waals surface area contributed by atoms with Crippen LogP contribution in [0.2, 0.25) is 5.02 Å². The Balaban J connectivity index is 1.76. The zero-order chi connectivity index (χ0) is 12.4. The number of hydrogen-bond acceptors (Lipinski definition) is 5. The van der Waals surface area contributed by atoms with Crippen LogP contribution >= 0.6 is 11.6 Å². The van der Waals surface area contributed by atoms with Gasteiger partial charge >= 0.3 is 0 Å². The molecule has 6 heteroatoms. The third kappa shape index (κ3) is 2.32. The Morgan fingerprint density at radius 2 is 2.17 bits per heavy atom. The van der Waals surface area contributed by atoms with Crippen molar-refractivity contribution >= 4 is 17.5 Å². The second kappa shape index (κ2) is 4.96. The van der Waals surface area contributed by atoms with Crippen molar-refractivity contribution in [1.82, 2.24) is 9.97 Å². The molecule has 18 heavy (non-hydrogen) atoms. The van der Waals surface area contributed by atoms with E-state index in [0.717, 1.165) is 12.3 Å². The molecule has 0 saturated carbocycles. The standard InChI is InChI=1S/C12H12ClN3O2/c13-9-6-14-12(15-7-9)16-3-5-18-11(8-16)10-2-1-4-17-10/h1-2,4,6-7,11H,3,5,8H2. The maximum Gasteiger partial charge on any atom is 0.225 e. The Labute approximate surface area is 109 Å². The zero-order valence-corrected chi connectivity index (χ0v) is 10.4. The summed E-state index contributed by atoms with van der Waals surface area (Å²) in [4.78, 5) is 10.5. The fraction of sp³-hybridized carbons (Fsp3) is 0.333. The highest BCUT2D eigenvalue weighted by Gasteiger charge is 2.25. The molecule has 0 amide bonds. The molecule has 1 saturated heterocycles. The fourth-order valence-electron chi connectivity index (χ4n) is 1.95. The smallest absolute Gasteiger partial charge is 0.225 e. The minimum atomic E-state index is -0.0759. The highest BCUT2D eigenvalue weighted by molar-refractivity contribution is 6.30. The van der Waals surface area contributed by atoms with E-state index in [1.54, 1.807) is 18.7 Å². The number of aromatic nitrogens is 2. The van der Waals surface area contributed by atoms with Crippen LogP contribution in [0.4, 0.5) is 5.95 Å². The summed E-state index contributed by atoms with van der Waals surface area (Å²) in [5.41, 5.74) is 0. The second-order valence-electron chi connectivity index (χ2n) is 4.02. The monoisotopic (exact) mass is 265 g/mol. The molecule has 3 rings (SSSR count). The van der Waals surface area contributed by atoms with Gasteiger partial charge in [-0.2, -0.15) is 0 Å². The zero-order valence-electron chi connectivity index (χ0n) is 9.62. The Morgan fingerprint density at radius 1 is 1.33 bits per heavy atom. The van der Waals surface area contributed by atoms with Crippen molar-refractivity contribution in [2.24, 2.45) is 0 Å². The first-order chi connectivity index (χ1) is 8.83. The van der Waals surface area contributed by atoms with Crippen molar-refractivity contribution in [2.75, 3.05) is 24.6 Å². The highest BCUT2D eigenvalue weighted by Crippen LogP contribution is 2.24. The number of nitrogens with zero attached hydrogens (tertiary/aromatic N) is 3. The Bertz CT molecular complexity index is 501. The van der Waals surface area contributed by atoms with E-state index in [-0.39, 0.29) is 6.10 Å². The average molecular weight is 266 g/mol. The summed E-state index contributed by atoms with van der Waals surface area (Å²) in [7, 11) is 0. The van der Waals surface area contributed by atoms with E-state index >= 15 is 0 Å². The van der Waals surface area contributed by atoms with E-state index in [4.69, 9.17) is 20.8 Å². The van der Waals surface area contributed by atoms with Crippen LogP contribution in [0.15, 0.2) is 35.2 Å². The van der Waals surface area contributed by atoms with Gasteiger partial charge in [0.15, 0.2) is 0 Å². The minimum Gasteiger partial charge on any atom is -0.467 e. The molecule has 0 spiro atoms. The first-order valence-electron chi connectivity index (χ1n) is 5.70. The molecule has 0 bridgehead atoms. The first-order valence-corrected chi connectivity index (χ1v) is 6.08. The van der Waals surface area contributed by atoms with Crippen molar-refractivity contribution < 1.29 is 9.15 Å². The van der Waals surface area contributed by atoms with Gasteiger partial charge in [0.25, 0.3) is 0 Å². The summed E-state index contributed by atoms with van der Waals surface area (Å²) in [5.74, 6) is 1.49. The Hall–Kier alpha value is -1.59. The van der Waals surface area contributed by atoms with Gasteiger partial charge in [0.2, 0.25) is 5.95 Å². The van der Waals surface area contributed by atoms with E-state index in [2.05, 4.69) is 14.9 Å². The minimum absolute atomic E-state index is 0.0759. The lowest BCUT2D eigenvalue weighted by molar-refractivity contribution is 0.0252. The van der Waals surface area contributed by atoms with Crippen LogP contribution in [-0.4, -0.2) is 29.7 Å². The van der Waals surface area contributed by atoms with Gasteiger partial charge in [-0.25, -0.2) is 9.97 Å². The molecule has 3 heterocycles. The molecule has 0 aromatic carbocycles. The first kappa shape index (κ1) is 11.5. The highest BCUT2D eigenvalue weighted by atomic mass is 35.5. The average Bonchev–Trinajstić information content (AvgIpc) is 2.94. The van der Waals surface area contributed by atoms with Gasteiger partial charge in [-0.1, -0.05) is 11.6 Å². The molecule has 5 nitrogen and oxygen atoms in total. The van der Waals surface area contributed by atoms with Gasteiger partial charge in [-0.3, -0.25) is 0 Å². The van der Waals surface area contributed by atoms with Gasteiger partial charge in [-0.15, -0.1) is 0 Å². The van der Waals surface area contributed by atoms with Gasteiger partial charge in [0.1, 0.15) is 11.9 Å². The topological polar surface area (TPSA) is 51.4 Å². The Morgan fingerprint density at radius 3 is 2.89 bits per heavy atom. The number of morpholine rings is 1. The number of furan rings is 1. The Kier molecular flexibility index (Phi) is 3.17. The number of ether oxygens (including phenoxy) is 1. The predicted octanol–water partition coefficient (Wildman–Crippen LogP) is 2.30.